The van der Waals surface area contributed by atoms with Crippen LogP contribution in [0.5, 0.6) is 11.5 Å². The summed E-state index contributed by atoms with van der Waals surface area (Å²) in [4.78, 5) is 0. The molecule has 1 aliphatic heterocycles. The van der Waals surface area contributed by atoms with Gasteiger partial charge in [-0.3, -0.25) is 5.10 Å². The number of rotatable bonds is 3. The number of anilines is 1. The van der Waals surface area contributed by atoms with E-state index < -0.39 is 0 Å². The molecular formula is C15H17N3O2. The molecule has 20 heavy (non-hydrogen) atoms. The summed E-state index contributed by atoms with van der Waals surface area (Å²) < 4.78 is 11.2. The summed E-state index contributed by atoms with van der Waals surface area (Å²) in [7, 11) is 0. The lowest BCUT2D eigenvalue weighted by atomic mass is 10.0. The summed E-state index contributed by atoms with van der Waals surface area (Å²) in [6.07, 6.45) is 3.63. The highest BCUT2D eigenvalue weighted by atomic mass is 16.6. The van der Waals surface area contributed by atoms with Gasteiger partial charge in [-0.25, -0.2) is 0 Å². The zero-order chi connectivity index (χ0) is 13.5. The van der Waals surface area contributed by atoms with E-state index in [0.29, 0.717) is 19.0 Å². The van der Waals surface area contributed by atoms with E-state index in [2.05, 4.69) is 10.2 Å². The van der Waals surface area contributed by atoms with E-state index in [9.17, 15) is 0 Å². The van der Waals surface area contributed by atoms with Crippen molar-refractivity contribution in [1.29, 1.82) is 0 Å². The van der Waals surface area contributed by atoms with Crippen molar-refractivity contribution < 1.29 is 9.47 Å². The maximum absolute atomic E-state index is 6.03. The first-order chi connectivity index (χ1) is 9.81. The van der Waals surface area contributed by atoms with Gasteiger partial charge in [0, 0.05) is 11.3 Å². The molecule has 0 bridgehead atoms. The molecule has 2 aliphatic rings. The van der Waals surface area contributed by atoms with Crippen LogP contribution in [-0.2, 0) is 6.42 Å². The summed E-state index contributed by atoms with van der Waals surface area (Å²) in [6, 6.07) is 5.95. The Balaban J connectivity index is 1.74. The number of nitrogens with zero attached hydrogens (tertiary/aromatic N) is 1. The fourth-order valence-corrected chi connectivity index (χ4v) is 2.67. The molecular weight excluding hydrogens is 254 g/mol. The molecule has 5 heteroatoms. The van der Waals surface area contributed by atoms with Gasteiger partial charge in [0.05, 0.1) is 0 Å². The molecule has 0 spiro atoms. The Bertz CT molecular complexity index is 647. The number of nitrogen functional groups attached to an aromatic ring is 1. The van der Waals surface area contributed by atoms with Gasteiger partial charge in [0.1, 0.15) is 13.2 Å². The van der Waals surface area contributed by atoms with Crippen molar-refractivity contribution in [3.8, 4) is 22.6 Å². The minimum atomic E-state index is 0.553. The van der Waals surface area contributed by atoms with Crippen LogP contribution in [0.2, 0.25) is 0 Å². The first-order valence-corrected chi connectivity index (χ1v) is 7.04. The van der Waals surface area contributed by atoms with E-state index in [1.165, 1.54) is 12.8 Å². The van der Waals surface area contributed by atoms with E-state index in [1.807, 2.05) is 18.2 Å². The Morgan fingerprint density at radius 1 is 1.20 bits per heavy atom. The maximum atomic E-state index is 6.03. The van der Waals surface area contributed by atoms with Crippen molar-refractivity contribution >= 4 is 5.82 Å². The van der Waals surface area contributed by atoms with Crippen LogP contribution in [0.1, 0.15) is 18.5 Å². The number of ether oxygens (including phenoxy) is 2. The Morgan fingerprint density at radius 2 is 2.00 bits per heavy atom. The fourth-order valence-electron chi connectivity index (χ4n) is 2.67. The van der Waals surface area contributed by atoms with Crippen molar-refractivity contribution in [3.63, 3.8) is 0 Å². The monoisotopic (exact) mass is 271 g/mol. The molecule has 5 nitrogen and oxygen atoms in total. The van der Waals surface area contributed by atoms with Crippen LogP contribution in [0.3, 0.4) is 0 Å². The number of aromatic nitrogens is 2. The van der Waals surface area contributed by atoms with E-state index in [0.717, 1.165) is 40.7 Å². The van der Waals surface area contributed by atoms with E-state index in [-0.39, 0.29) is 0 Å². The number of hydrogen-bond donors (Lipinski definition) is 2. The Hall–Kier alpha value is -2.17. The summed E-state index contributed by atoms with van der Waals surface area (Å²) in [6.45, 7) is 1.19. The van der Waals surface area contributed by atoms with Gasteiger partial charge in [-0.15, -0.1) is 0 Å². The average molecular weight is 271 g/mol. The molecule has 1 aliphatic carbocycles. The number of H-pyrrole nitrogens is 1. The van der Waals surface area contributed by atoms with Crippen molar-refractivity contribution in [2.75, 3.05) is 18.9 Å². The largest absolute Gasteiger partial charge is 0.486 e. The fraction of sp³-hybridized carbons (Fsp3) is 0.400. The molecule has 0 amide bonds. The van der Waals surface area contributed by atoms with Crippen LogP contribution in [0.4, 0.5) is 5.82 Å². The number of benzene rings is 1. The summed E-state index contributed by atoms with van der Waals surface area (Å²) in [5.74, 6) is 2.92. The quantitative estimate of drug-likeness (QED) is 0.899. The first kappa shape index (κ1) is 11.6. The average Bonchev–Trinajstić information content (AvgIpc) is 3.21. The van der Waals surface area contributed by atoms with Gasteiger partial charge in [0.25, 0.3) is 0 Å². The first-order valence-electron chi connectivity index (χ1n) is 7.04. The molecule has 1 saturated carbocycles. The van der Waals surface area contributed by atoms with Crippen molar-refractivity contribution in [2.24, 2.45) is 5.92 Å². The zero-order valence-electron chi connectivity index (χ0n) is 11.2. The van der Waals surface area contributed by atoms with Gasteiger partial charge >= 0.3 is 0 Å². The van der Waals surface area contributed by atoms with Crippen LogP contribution < -0.4 is 15.2 Å². The zero-order valence-corrected chi connectivity index (χ0v) is 11.2. The third-order valence-corrected chi connectivity index (χ3v) is 3.89. The van der Waals surface area contributed by atoms with Crippen LogP contribution in [0.15, 0.2) is 18.2 Å². The highest BCUT2D eigenvalue weighted by Gasteiger charge is 2.25. The standard InChI is InChI=1S/C15H17N3O2/c16-15-14(11(17-18-15)7-9-1-2-9)10-3-4-12-13(8-10)20-6-5-19-12/h3-4,8-9H,1-2,5-7H2,(H3,16,17,18). The number of aromatic amines is 1. The van der Waals surface area contributed by atoms with E-state index in [4.69, 9.17) is 15.2 Å². The number of nitrogens with two attached hydrogens (primary N) is 1. The van der Waals surface area contributed by atoms with Crippen molar-refractivity contribution in [2.45, 2.75) is 19.3 Å². The third-order valence-electron chi connectivity index (χ3n) is 3.89. The topological polar surface area (TPSA) is 73.2 Å². The maximum Gasteiger partial charge on any atom is 0.161 e. The third kappa shape index (κ3) is 1.99. The molecule has 2 heterocycles. The molecule has 1 aromatic heterocycles. The second-order valence-electron chi connectivity index (χ2n) is 5.47. The highest BCUT2D eigenvalue weighted by Crippen LogP contribution is 2.40. The van der Waals surface area contributed by atoms with Crippen molar-refractivity contribution in [3.05, 3.63) is 23.9 Å². The van der Waals surface area contributed by atoms with Gasteiger partial charge in [0.2, 0.25) is 0 Å². The smallest absolute Gasteiger partial charge is 0.161 e. The van der Waals surface area contributed by atoms with Crippen LogP contribution in [0.25, 0.3) is 11.1 Å². The second-order valence-corrected chi connectivity index (χ2v) is 5.47. The second kappa shape index (κ2) is 4.44. The van der Waals surface area contributed by atoms with Crippen LogP contribution >= 0.6 is 0 Å². The number of nitrogens with one attached hydrogen (secondary N) is 1. The number of hydrogen-bond acceptors (Lipinski definition) is 4. The summed E-state index contributed by atoms with van der Waals surface area (Å²) in [5, 5.41) is 7.24. The summed E-state index contributed by atoms with van der Waals surface area (Å²) >= 11 is 0. The number of fused-ring (bicyclic) bond motifs is 1. The molecule has 2 aromatic rings. The normalized spacial score (nSPS) is 17.2. The molecule has 3 N–H and O–H groups in total. The Kier molecular flexibility index (Phi) is 2.58. The Labute approximate surface area is 117 Å². The minimum absolute atomic E-state index is 0.553. The van der Waals surface area contributed by atoms with Crippen LogP contribution in [0, 0.1) is 5.92 Å². The SMILES string of the molecule is Nc1n[nH]c(CC2CC2)c1-c1ccc2c(c1)OCCO2. The summed E-state index contributed by atoms with van der Waals surface area (Å²) in [5.41, 5.74) is 9.20. The lowest BCUT2D eigenvalue weighted by Gasteiger charge is -2.19. The van der Waals surface area contributed by atoms with Gasteiger partial charge in [-0.05, 0) is 42.9 Å². The molecule has 0 unspecified atom stereocenters. The lowest BCUT2D eigenvalue weighted by molar-refractivity contribution is 0.171. The molecule has 0 radical (unpaired) electrons. The molecule has 0 atom stereocenters. The molecule has 0 saturated heterocycles. The van der Waals surface area contributed by atoms with E-state index in [1.54, 1.807) is 0 Å². The molecule has 1 fully saturated rings. The van der Waals surface area contributed by atoms with Gasteiger partial charge < -0.3 is 15.2 Å². The molecule has 104 valence electrons. The van der Waals surface area contributed by atoms with E-state index >= 15 is 0 Å². The minimum Gasteiger partial charge on any atom is -0.486 e. The molecule has 4 rings (SSSR count). The lowest BCUT2D eigenvalue weighted by Crippen LogP contribution is -2.15. The Morgan fingerprint density at radius 3 is 2.80 bits per heavy atom. The van der Waals surface area contributed by atoms with Gasteiger partial charge in [-0.1, -0.05) is 6.07 Å². The molecule has 1 aromatic carbocycles. The van der Waals surface area contributed by atoms with Crippen LogP contribution in [-0.4, -0.2) is 23.4 Å². The van der Waals surface area contributed by atoms with Gasteiger partial charge in [0.15, 0.2) is 17.3 Å². The predicted molar refractivity (Wildman–Crippen MR) is 75.9 cm³/mol. The van der Waals surface area contributed by atoms with Gasteiger partial charge in [-0.2, -0.15) is 5.10 Å². The van der Waals surface area contributed by atoms with Crippen molar-refractivity contribution in [1.82, 2.24) is 10.2 Å². The predicted octanol–water partition coefficient (Wildman–Crippen LogP) is 2.38. The highest BCUT2D eigenvalue weighted by molar-refractivity contribution is 5.78.